The number of halogens is 1. The second kappa shape index (κ2) is 5.06. The van der Waals surface area contributed by atoms with Gasteiger partial charge in [-0.2, -0.15) is 0 Å². The summed E-state index contributed by atoms with van der Waals surface area (Å²) in [7, 11) is 1.61. The molecule has 2 aromatic rings. The highest BCUT2D eigenvalue weighted by atomic mass is 35.5. The van der Waals surface area contributed by atoms with E-state index in [0.29, 0.717) is 10.6 Å². The number of benzene rings is 2. The molecule has 1 aliphatic heterocycles. The number of amides is 1. The Kier molecular flexibility index (Phi) is 3.24. The zero-order valence-electron chi connectivity index (χ0n) is 10.8. The highest BCUT2D eigenvalue weighted by molar-refractivity contribution is 6.31. The molecule has 1 heterocycles. The summed E-state index contributed by atoms with van der Waals surface area (Å²) in [6.45, 7) is 0. The molecule has 1 atom stereocenters. The maximum atomic E-state index is 12.1. The summed E-state index contributed by atoms with van der Waals surface area (Å²) in [4.78, 5) is 12.1. The van der Waals surface area contributed by atoms with E-state index in [1.54, 1.807) is 19.2 Å². The summed E-state index contributed by atoms with van der Waals surface area (Å²) in [6.07, 6.45) is -0.286. The monoisotopic (exact) mass is 288 g/mol. The number of fused-ring (bicyclic) bond motifs is 1. The van der Waals surface area contributed by atoms with Crippen molar-refractivity contribution in [2.45, 2.75) is 6.17 Å². The first-order valence-corrected chi connectivity index (χ1v) is 6.56. The molecule has 0 spiro atoms. The third kappa shape index (κ3) is 2.30. The zero-order valence-corrected chi connectivity index (χ0v) is 11.6. The summed E-state index contributed by atoms with van der Waals surface area (Å²) in [5.74, 6) is 0.606. The van der Waals surface area contributed by atoms with E-state index in [1.807, 2.05) is 30.3 Å². The van der Waals surface area contributed by atoms with Gasteiger partial charge in [0.2, 0.25) is 0 Å². The van der Waals surface area contributed by atoms with Gasteiger partial charge in [0.1, 0.15) is 11.9 Å². The number of ether oxygens (including phenoxy) is 1. The van der Waals surface area contributed by atoms with Gasteiger partial charge in [0.15, 0.2) is 0 Å². The fourth-order valence-corrected chi connectivity index (χ4v) is 2.39. The standard InChI is InChI=1S/C15H13ClN2O2/c1-20-11-4-2-3-9(7-11)14-17-13-6-5-10(16)8-12(13)15(19)18-14/h2-8,14,17H,1H3,(H,18,19). The molecule has 0 fully saturated rings. The number of hydrogen-bond acceptors (Lipinski definition) is 3. The molecule has 0 saturated heterocycles. The fourth-order valence-electron chi connectivity index (χ4n) is 2.22. The average molecular weight is 289 g/mol. The lowest BCUT2D eigenvalue weighted by atomic mass is 10.1. The lowest BCUT2D eigenvalue weighted by molar-refractivity contribution is 0.0935. The van der Waals surface area contributed by atoms with Crippen LogP contribution < -0.4 is 15.4 Å². The molecule has 0 aliphatic carbocycles. The summed E-state index contributed by atoms with van der Waals surface area (Å²) >= 11 is 5.91. The van der Waals surface area contributed by atoms with Crippen molar-refractivity contribution >= 4 is 23.2 Å². The van der Waals surface area contributed by atoms with Crippen LogP contribution in [0.3, 0.4) is 0 Å². The van der Waals surface area contributed by atoms with Gasteiger partial charge in [-0.05, 0) is 35.9 Å². The van der Waals surface area contributed by atoms with E-state index in [1.165, 1.54) is 0 Å². The Balaban J connectivity index is 1.94. The van der Waals surface area contributed by atoms with E-state index in [9.17, 15) is 4.79 Å². The molecule has 1 unspecified atom stereocenters. The molecular formula is C15H13ClN2O2. The van der Waals surface area contributed by atoms with Crippen LogP contribution in [0.2, 0.25) is 5.02 Å². The predicted octanol–water partition coefficient (Wildman–Crippen LogP) is 3.20. The predicted molar refractivity (Wildman–Crippen MR) is 78.3 cm³/mol. The smallest absolute Gasteiger partial charge is 0.255 e. The van der Waals surface area contributed by atoms with Crippen molar-refractivity contribution in [1.82, 2.24) is 5.32 Å². The maximum absolute atomic E-state index is 12.1. The van der Waals surface area contributed by atoms with Crippen molar-refractivity contribution in [2.75, 3.05) is 12.4 Å². The number of carbonyl (C=O) groups excluding carboxylic acids is 1. The topological polar surface area (TPSA) is 50.4 Å². The third-order valence-corrected chi connectivity index (χ3v) is 3.46. The van der Waals surface area contributed by atoms with Gasteiger partial charge in [-0.1, -0.05) is 23.7 Å². The summed E-state index contributed by atoms with van der Waals surface area (Å²) < 4.78 is 5.20. The van der Waals surface area contributed by atoms with E-state index in [4.69, 9.17) is 16.3 Å². The van der Waals surface area contributed by atoms with E-state index in [2.05, 4.69) is 10.6 Å². The molecule has 4 nitrogen and oxygen atoms in total. The van der Waals surface area contributed by atoms with Gasteiger partial charge in [0.05, 0.1) is 12.7 Å². The van der Waals surface area contributed by atoms with Gasteiger partial charge in [-0.15, -0.1) is 0 Å². The maximum Gasteiger partial charge on any atom is 0.255 e. The molecule has 0 radical (unpaired) electrons. The summed E-state index contributed by atoms with van der Waals surface area (Å²) in [5, 5.41) is 6.72. The lowest BCUT2D eigenvalue weighted by Gasteiger charge is -2.28. The van der Waals surface area contributed by atoms with Crippen molar-refractivity contribution < 1.29 is 9.53 Å². The van der Waals surface area contributed by atoms with Crippen LogP contribution in [0.4, 0.5) is 5.69 Å². The Labute approximate surface area is 121 Å². The molecule has 5 heteroatoms. The first-order valence-electron chi connectivity index (χ1n) is 6.18. The summed E-state index contributed by atoms with van der Waals surface area (Å²) in [5.41, 5.74) is 2.25. The van der Waals surface area contributed by atoms with Gasteiger partial charge < -0.3 is 15.4 Å². The highest BCUT2D eigenvalue weighted by Gasteiger charge is 2.24. The number of rotatable bonds is 2. The number of methoxy groups -OCH3 is 1. The Hall–Kier alpha value is -2.20. The SMILES string of the molecule is COc1cccc(C2NC(=O)c3cc(Cl)ccc3N2)c1. The van der Waals surface area contributed by atoms with Gasteiger partial charge in [-0.3, -0.25) is 4.79 Å². The molecule has 102 valence electrons. The molecule has 0 bridgehead atoms. The molecule has 2 N–H and O–H groups in total. The van der Waals surface area contributed by atoms with E-state index in [0.717, 1.165) is 17.0 Å². The Morgan fingerprint density at radius 1 is 1.15 bits per heavy atom. The van der Waals surface area contributed by atoms with Gasteiger partial charge >= 0.3 is 0 Å². The van der Waals surface area contributed by atoms with E-state index >= 15 is 0 Å². The molecule has 1 amide bonds. The molecular weight excluding hydrogens is 276 g/mol. The van der Waals surface area contributed by atoms with E-state index < -0.39 is 0 Å². The Bertz CT molecular complexity index is 673. The first-order chi connectivity index (χ1) is 9.67. The second-order valence-electron chi connectivity index (χ2n) is 4.52. The van der Waals surface area contributed by atoms with Crippen LogP contribution in [0.25, 0.3) is 0 Å². The first kappa shape index (κ1) is 12.8. The number of nitrogens with one attached hydrogen (secondary N) is 2. The second-order valence-corrected chi connectivity index (χ2v) is 4.95. The normalized spacial score (nSPS) is 16.9. The lowest BCUT2D eigenvalue weighted by Crippen LogP contribution is -2.38. The number of carbonyl (C=O) groups is 1. The molecule has 3 rings (SSSR count). The van der Waals surface area contributed by atoms with Crippen LogP contribution in [-0.4, -0.2) is 13.0 Å². The van der Waals surface area contributed by atoms with Crippen LogP contribution in [0.5, 0.6) is 5.75 Å². The van der Waals surface area contributed by atoms with Gasteiger partial charge in [0.25, 0.3) is 5.91 Å². The quantitative estimate of drug-likeness (QED) is 0.892. The van der Waals surface area contributed by atoms with Crippen LogP contribution in [0.15, 0.2) is 42.5 Å². The highest BCUT2D eigenvalue weighted by Crippen LogP contribution is 2.29. The molecule has 0 aromatic heterocycles. The minimum Gasteiger partial charge on any atom is -0.497 e. The molecule has 20 heavy (non-hydrogen) atoms. The third-order valence-electron chi connectivity index (χ3n) is 3.23. The summed E-state index contributed by atoms with van der Waals surface area (Å²) in [6, 6.07) is 12.8. The van der Waals surface area contributed by atoms with Crippen LogP contribution >= 0.6 is 11.6 Å². The molecule has 0 saturated carbocycles. The van der Waals surface area contributed by atoms with Crippen molar-refractivity contribution in [2.24, 2.45) is 0 Å². The fraction of sp³-hybridized carbons (Fsp3) is 0.133. The Morgan fingerprint density at radius 3 is 2.80 bits per heavy atom. The molecule has 2 aromatic carbocycles. The van der Waals surface area contributed by atoms with Crippen molar-refractivity contribution in [3.63, 3.8) is 0 Å². The van der Waals surface area contributed by atoms with Crippen molar-refractivity contribution in [3.8, 4) is 5.75 Å². The minimum absolute atomic E-state index is 0.144. The van der Waals surface area contributed by atoms with Gasteiger partial charge in [-0.25, -0.2) is 0 Å². The molecule has 1 aliphatic rings. The largest absolute Gasteiger partial charge is 0.497 e. The minimum atomic E-state index is -0.286. The van der Waals surface area contributed by atoms with Crippen LogP contribution in [-0.2, 0) is 0 Å². The number of hydrogen-bond donors (Lipinski definition) is 2. The Morgan fingerprint density at radius 2 is 2.00 bits per heavy atom. The van der Waals surface area contributed by atoms with Crippen molar-refractivity contribution in [3.05, 3.63) is 58.6 Å². The average Bonchev–Trinajstić information content (AvgIpc) is 2.48. The van der Waals surface area contributed by atoms with Gasteiger partial charge in [0, 0.05) is 10.7 Å². The zero-order chi connectivity index (χ0) is 14.1. The van der Waals surface area contributed by atoms with Crippen molar-refractivity contribution in [1.29, 1.82) is 0 Å². The van der Waals surface area contributed by atoms with E-state index in [-0.39, 0.29) is 12.1 Å². The van der Waals surface area contributed by atoms with Crippen LogP contribution in [0.1, 0.15) is 22.1 Å². The number of anilines is 1. The van der Waals surface area contributed by atoms with Crippen LogP contribution in [0, 0.1) is 0 Å².